The molecule has 0 unspecified atom stereocenters. The van der Waals surface area contributed by atoms with Crippen molar-refractivity contribution in [1.29, 1.82) is 0 Å². The molecule has 8 heteroatoms. The number of fused-ring (bicyclic) bond motifs is 2. The molecule has 4 rings (SSSR count). The largest absolute Gasteiger partial charge is 0.497 e. The summed E-state index contributed by atoms with van der Waals surface area (Å²) in [5.74, 6) is 0.515. The molecule has 31 heavy (non-hydrogen) atoms. The van der Waals surface area contributed by atoms with Crippen LogP contribution in [0.2, 0.25) is 0 Å². The van der Waals surface area contributed by atoms with Crippen LogP contribution in [0.4, 0.5) is 5.00 Å². The van der Waals surface area contributed by atoms with Crippen LogP contribution < -0.4 is 15.0 Å². The highest BCUT2D eigenvalue weighted by Gasteiger charge is 2.28. The van der Waals surface area contributed by atoms with E-state index in [-0.39, 0.29) is 17.6 Å². The zero-order valence-electron chi connectivity index (χ0n) is 17.8. The molecule has 0 fully saturated rings. The molecule has 2 heterocycles. The van der Waals surface area contributed by atoms with E-state index in [2.05, 4.69) is 10.3 Å². The van der Waals surface area contributed by atoms with Gasteiger partial charge in [-0.15, -0.1) is 11.3 Å². The maximum absolute atomic E-state index is 12.7. The van der Waals surface area contributed by atoms with Crippen molar-refractivity contribution >= 4 is 50.9 Å². The lowest BCUT2D eigenvalue weighted by Crippen LogP contribution is -2.18. The minimum absolute atomic E-state index is 0.146. The quantitative estimate of drug-likeness (QED) is 0.419. The zero-order chi connectivity index (χ0) is 22.0. The number of nitrogens with one attached hydrogen (secondary N) is 2. The normalized spacial score (nSPS) is 12.6. The first-order chi connectivity index (χ1) is 15.0. The van der Waals surface area contributed by atoms with Crippen LogP contribution >= 0.6 is 23.1 Å². The number of ether oxygens (including phenoxy) is 2. The lowest BCUT2D eigenvalue weighted by atomic mass is 10.1. The SMILES string of the molecule is CCOC(=O)c1c(NC(=O)CSc2cc(C)c3ccc(OC)cc3[nH+]2)sc2c1CCC2. The maximum atomic E-state index is 12.7. The lowest BCUT2D eigenvalue weighted by molar-refractivity contribution is -0.395. The van der Waals surface area contributed by atoms with Crippen molar-refractivity contribution < 1.29 is 24.0 Å². The van der Waals surface area contributed by atoms with Crippen LogP contribution in [0.1, 0.15) is 39.7 Å². The van der Waals surface area contributed by atoms with Gasteiger partial charge in [-0.3, -0.25) is 4.79 Å². The molecule has 1 amide bonds. The van der Waals surface area contributed by atoms with Crippen molar-refractivity contribution in [2.24, 2.45) is 0 Å². The van der Waals surface area contributed by atoms with Gasteiger partial charge in [0.05, 0.1) is 31.1 Å². The first-order valence-electron chi connectivity index (χ1n) is 10.2. The third kappa shape index (κ3) is 4.55. The number of amides is 1. The predicted molar refractivity (Wildman–Crippen MR) is 123 cm³/mol. The van der Waals surface area contributed by atoms with Gasteiger partial charge in [0, 0.05) is 16.3 Å². The number of methoxy groups -OCH3 is 1. The number of carbonyl (C=O) groups excluding carboxylic acids is 2. The Hall–Kier alpha value is -2.58. The topological polar surface area (TPSA) is 78.8 Å². The molecule has 1 aliphatic carbocycles. The summed E-state index contributed by atoms with van der Waals surface area (Å²) in [6.07, 6.45) is 2.85. The molecule has 0 atom stereocenters. The Morgan fingerprint density at radius 1 is 1.26 bits per heavy atom. The summed E-state index contributed by atoms with van der Waals surface area (Å²) in [5, 5.41) is 5.56. The summed E-state index contributed by atoms with van der Waals surface area (Å²) in [6, 6.07) is 7.94. The fourth-order valence-electron chi connectivity index (χ4n) is 3.84. The number of benzene rings is 1. The van der Waals surface area contributed by atoms with Gasteiger partial charge < -0.3 is 14.8 Å². The van der Waals surface area contributed by atoms with E-state index in [1.165, 1.54) is 28.0 Å². The number of hydrogen-bond acceptors (Lipinski definition) is 6. The van der Waals surface area contributed by atoms with Gasteiger partial charge >= 0.3 is 5.97 Å². The van der Waals surface area contributed by atoms with Gasteiger partial charge in [0.1, 0.15) is 10.8 Å². The monoisotopic (exact) mass is 457 g/mol. The molecule has 6 nitrogen and oxygen atoms in total. The molecule has 2 aromatic heterocycles. The third-order valence-corrected chi connectivity index (χ3v) is 7.41. The number of esters is 1. The molecule has 3 aromatic rings. The van der Waals surface area contributed by atoms with Crippen molar-refractivity contribution in [3.05, 3.63) is 45.8 Å². The number of carbonyl (C=O) groups is 2. The van der Waals surface area contributed by atoms with E-state index in [4.69, 9.17) is 9.47 Å². The van der Waals surface area contributed by atoms with Crippen LogP contribution in [0.5, 0.6) is 5.75 Å². The number of thiophene rings is 1. The Morgan fingerprint density at radius 3 is 2.87 bits per heavy atom. The first-order valence-corrected chi connectivity index (χ1v) is 12.0. The molecule has 0 saturated carbocycles. The van der Waals surface area contributed by atoms with Gasteiger partial charge in [-0.1, -0.05) is 0 Å². The van der Waals surface area contributed by atoms with E-state index in [1.807, 2.05) is 31.2 Å². The first kappa shape index (κ1) is 21.6. The van der Waals surface area contributed by atoms with E-state index in [0.717, 1.165) is 52.1 Å². The fraction of sp³-hybridized carbons (Fsp3) is 0.348. The smallest absolute Gasteiger partial charge is 0.341 e. The van der Waals surface area contributed by atoms with Crippen molar-refractivity contribution in [3.63, 3.8) is 0 Å². The Balaban J connectivity index is 1.48. The fourth-order valence-corrected chi connectivity index (χ4v) is 5.93. The van der Waals surface area contributed by atoms with E-state index in [1.54, 1.807) is 14.0 Å². The zero-order valence-corrected chi connectivity index (χ0v) is 19.4. The van der Waals surface area contributed by atoms with E-state index in [0.29, 0.717) is 17.2 Å². The van der Waals surface area contributed by atoms with E-state index >= 15 is 0 Å². The molecular formula is C23H25N2O4S2+. The number of aryl methyl sites for hydroxylation is 2. The number of rotatable bonds is 7. The van der Waals surface area contributed by atoms with Gasteiger partial charge in [0.2, 0.25) is 16.4 Å². The van der Waals surface area contributed by atoms with Gasteiger partial charge in [0.15, 0.2) is 0 Å². The molecule has 1 aliphatic rings. The summed E-state index contributed by atoms with van der Waals surface area (Å²) < 4.78 is 10.5. The van der Waals surface area contributed by atoms with Crippen LogP contribution in [-0.2, 0) is 22.4 Å². The number of hydrogen-bond donors (Lipinski definition) is 1. The molecule has 2 N–H and O–H groups in total. The van der Waals surface area contributed by atoms with E-state index in [9.17, 15) is 9.59 Å². The molecule has 0 saturated heterocycles. The summed E-state index contributed by atoms with van der Waals surface area (Å²) in [6.45, 7) is 4.15. The van der Waals surface area contributed by atoms with Crippen molar-refractivity contribution in [2.45, 2.75) is 38.1 Å². The highest BCUT2D eigenvalue weighted by molar-refractivity contribution is 7.99. The van der Waals surface area contributed by atoms with Crippen molar-refractivity contribution in [2.75, 3.05) is 24.8 Å². The second-order valence-corrected chi connectivity index (χ2v) is 9.47. The average Bonchev–Trinajstić information content (AvgIpc) is 3.32. The van der Waals surface area contributed by atoms with Gasteiger partial charge in [0.25, 0.3) is 0 Å². The Bertz CT molecular complexity index is 1160. The van der Waals surface area contributed by atoms with Crippen LogP contribution in [0.15, 0.2) is 29.3 Å². The molecule has 0 aliphatic heterocycles. The van der Waals surface area contributed by atoms with Gasteiger partial charge in [-0.2, -0.15) is 4.98 Å². The number of anilines is 1. The summed E-state index contributed by atoms with van der Waals surface area (Å²) in [5.41, 5.74) is 3.66. The van der Waals surface area contributed by atoms with Crippen LogP contribution in [0.25, 0.3) is 10.9 Å². The molecule has 162 valence electrons. The Kier molecular flexibility index (Phi) is 6.48. The van der Waals surface area contributed by atoms with Crippen molar-refractivity contribution in [1.82, 2.24) is 0 Å². The second-order valence-electron chi connectivity index (χ2n) is 7.35. The number of H-pyrrole nitrogens is 1. The van der Waals surface area contributed by atoms with Gasteiger partial charge in [-0.25, -0.2) is 4.79 Å². The lowest BCUT2D eigenvalue weighted by Gasteiger charge is -2.07. The van der Waals surface area contributed by atoms with Crippen molar-refractivity contribution in [3.8, 4) is 5.75 Å². The number of pyridine rings is 1. The molecule has 0 bridgehead atoms. The van der Waals surface area contributed by atoms with Crippen LogP contribution in [0.3, 0.4) is 0 Å². The van der Waals surface area contributed by atoms with Gasteiger partial charge in [-0.05, 0) is 68.1 Å². The standard InChI is InChI=1S/C23H24N2O4S2/c1-4-29-23(27)21-16-6-5-7-18(16)31-22(21)25-19(26)12-30-20-10-13(2)15-9-8-14(28-3)11-17(15)24-20/h8-11H,4-7,12H2,1-3H3,(H,25,26)/p+1. The number of thioether (sulfide) groups is 1. The molecular weight excluding hydrogens is 432 g/mol. The second kappa shape index (κ2) is 9.28. The van der Waals surface area contributed by atoms with Crippen LogP contribution in [-0.4, -0.2) is 31.3 Å². The summed E-state index contributed by atoms with van der Waals surface area (Å²) in [4.78, 5) is 29.7. The summed E-state index contributed by atoms with van der Waals surface area (Å²) in [7, 11) is 1.64. The Labute approximate surface area is 189 Å². The predicted octanol–water partition coefficient (Wildman–Crippen LogP) is 4.43. The minimum atomic E-state index is -0.350. The number of aromatic nitrogens is 1. The highest BCUT2D eigenvalue weighted by Crippen LogP contribution is 2.39. The van der Waals surface area contributed by atoms with E-state index < -0.39 is 0 Å². The Morgan fingerprint density at radius 2 is 2.10 bits per heavy atom. The maximum Gasteiger partial charge on any atom is 0.341 e. The minimum Gasteiger partial charge on any atom is -0.497 e. The molecule has 0 spiro atoms. The molecule has 1 aromatic carbocycles. The molecule has 0 radical (unpaired) electrons. The number of aromatic amines is 1. The highest BCUT2D eigenvalue weighted by atomic mass is 32.2. The van der Waals surface area contributed by atoms with Crippen LogP contribution in [0, 0.1) is 6.92 Å². The summed E-state index contributed by atoms with van der Waals surface area (Å²) >= 11 is 2.92. The average molecular weight is 458 g/mol. The third-order valence-electron chi connectivity index (χ3n) is 5.27.